The number of ether oxygens (including phenoxy) is 2. The van der Waals surface area contributed by atoms with Crippen molar-refractivity contribution >= 4 is 17.6 Å². The van der Waals surface area contributed by atoms with Crippen LogP contribution in [0.3, 0.4) is 0 Å². The molecule has 0 saturated heterocycles. The molecule has 28 heavy (non-hydrogen) atoms. The van der Waals surface area contributed by atoms with Gasteiger partial charge in [-0.05, 0) is 55.2 Å². The zero-order valence-electron chi connectivity index (χ0n) is 16.4. The molecule has 0 spiro atoms. The maximum Gasteiger partial charge on any atom is 0.335 e. The summed E-state index contributed by atoms with van der Waals surface area (Å²) in [5, 5.41) is 12.2. The molecule has 2 aromatic rings. The molecule has 6 heteroatoms. The molecule has 0 radical (unpaired) electrons. The molecular formula is C22H25NO5. The fourth-order valence-electron chi connectivity index (χ4n) is 3.89. The van der Waals surface area contributed by atoms with Gasteiger partial charge in [-0.25, -0.2) is 4.79 Å². The number of aryl methyl sites for hydroxylation is 1. The number of rotatable bonds is 6. The van der Waals surface area contributed by atoms with Gasteiger partial charge in [0.15, 0.2) is 11.5 Å². The largest absolute Gasteiger partial charge is 0.493 e. The number of aromatic carboxylic acids is 1. The molecule has 1 aliphatic carbocycles. The van der Waals surface area contributed by atoms with Gasteiger partial charge in [-0.15, -0.1) is 0 Å². The lowest BCUT2D eigenvalue weighted by atomic mass is 9.77. The van der Waals surface area contributed by atoms with Crippen LogP contribution in [0.5, 0.6) is 11.5 Å². The van der Waals surface area contributed by atoms with E-state index in [0.717, 1.165) is 36.8 Å². The number of carboxylic acids is 1. The lowest BCUT2D eigenvalue weighted by molar-refractivity contribution is -0.121. The fraction of sp³-hybridized carbons (Fsp3) is 0.364. The van der Waals surface area contributed by atoms with Crippen LogP contribution < -0.4 is 14.8 Å². The van der Waals surface area contributed by atoms with Crippen LogP contribution in [0.25, 0.3) is 0 Å². The van der Waals surface area contributed by atoms with Crippen LogP contribution in [0.4, 0.5) is 5.69 Å². The van der Waals surface area contributed by atoms with Crippen LogP contribution >= 0.6 is 0 Å². The molecule has 0 heterocycles. The van der Waals surface area contributed by atoms with Gasteiger partial charge in [0.2, 0.25) is 5.91 Å². The van der Waals surface area contributed by atoms with Crippen molar-refractivity contribution in [1.29, 1.82) is 0 Å². The maximum atomic E-state index is 13.4. The summed E-state index contributed by atoms with van der Waals surface area (Å²) in [5.74, 6) is 0.0572. The summed E-state index contributed by atoms with van der Waals surface area (Å²) in [4.78, 5) is 24.7. The second-order valence-corrected chi connectivity index (χ2v) is 7.15. The van der Waals surface area contributed by atoms with E-state index in [1.165, 1.54) is 12.1 Å². The van der Waals surface area contributed by atoms with Gasteiger partial charge in [-0.3, -0.25) is 4.79 Å². The number of methoxy groups -OCH3 is 2. The minimum Gasteiger partial charge on any atom is -0.493 e. The van der Waals surface area contributed by atoms with E-state index in [9.17, 15) is 14.7 Å². The molecule has 2 N–H and O–H groups in total. The third-order valence-electron chi connectivity index (χ3n) is 5.56. The highest BCUT2D eigenvalue weighted by atomic mass is 16.5. The molecule has 0 aliphatic heterocycles. The number of hydrogen-bond donors (Lipinski definition) is 2. The summed E-state index contributed by atoms with van der Waals surface area (Å²) >= 11 is 0. The highest BCUT2D eigenvalue weighted by Crippen LogP contribution is 2.44. The number of carbonyl (C=O) groups is 2. The average Bonchev–Trinajstić information content (AvgIpc) is 3.20. The van der Waals surface area contributed by atoms with E-state index in [4.69, 9.17) is 9.47 Å². The van der Waals surface area contributed by atoms with Gasteiger partial charge < -0.3 is 19.9 Å². The first kappa shape index (κ1) is 19.7. The van der Waals surface area contributed by atoms with Crippen molar-refractivity contribution in [3.8, 4) is 11.5 Å². The van der Waals surface area contributed by atoms with Crippen molar-refractivity contribution in [2.24, 2.45) is 0 Å². The summed E-state index contributed by atoms with van der Waals surface area (Å²) in [6.07, 6.45) is 3.36. The summed E-state index contributed by atoms with van der Waals surface area (Å²) < 4.78 is 10.7. The van der Waals surface area contributed by atoms with Crippen molar-refractivity contribution < 1.29 is 24.2 Å². The number of nitrogens with one attached hydrogen (secondary N) is 1. The van der Waals surface area contributed by atoms with E-state index < -0.39 is 11.4 Å². The highest BCUT2D eigenvalue weighted by Gasteiger charge is 2.43. The molecule has 3 rings (SSSR count). The Hall–Kier alpha value is -3.02. The zero-order chi connectivity index (χ0) is 20.3. The van der Waals surface area contributed by atoms with Gasteiger partial charge in [0.05, 0.1) is 25.2 Å². The van der Waals surface area contributed by atoms with Crippen LogP contribution in [0.15, 0.2) is 36.4 Å². The third kappa shape index (κ3) is 3.54. The molecule has 1 aliphatic rings. The third-order valence-corrected chi connectivity index (χ3v) is 5.56. The Morgan fingerprint density at radius 2 is 1.68 bits per heavy atom. The Balaban J connectivity index is 1.98. The van der Waals surface area contributed by atoms with Crippen molar-refractivity contribution in [1.82, 2.24) is 0 Å². The molecule has 1 saturated carbocycles. The molecule has 148 valence electrons. The summed E-state index contributed by atoms with van der Waals surface area (Å²) in [5.41, 5.74) is 1.70. The quantitative estimate of drug-likeness (QED) is 0.782. The maximum absolute atomic E-state index is 13.4. The predicted molar refractivity (Wildman–Crippen MR) is 106 cm³/mol. The van der Waals surface area contributed by atoms with Crippen molar-refractivity contribution in [3.63, 3.8) is 0 Å². The Morgan fingerprint density at radius 3 is 2.29 bits per heavy atom. The second-order valence-electron chi connectivity index (χ2n) is 7.15. The highest BCUT2D eigenvalue weighted by molar-refractivity contribution is 6.01. The Labute approximate surface area is 164 Å². The lowest BCUT2D eigenvalue weighted by Crippen LogP contribution is -2.38. The van der Waals surface area contributed by atoms with E-state index >= 15 is 0 Å². The molecule has 0 unspecified atom stereocenters. The van der Waals surface area contributed by atoms with E-state index in [1.54, 1.807) is 20.3 Å². The minimum absolute atomic E-state index is 0.122. The summed E-state index contributed by atoms with van der Waals surface area (Å²) in [6.45, 7) is 1.85. The number of amides is 1. The smallest absolute Gasteiger partial charge is 0.335 e. The number of hydrogen-bond acceptors (Lipinski definition) is 4. The van der Waals surface area contributed by atoms with Crippen LogP contribution in [-0.4, -0.2) is 31.2 Å². The van der Waals surface area contributed by atoms with Gasteiger partial charge in [0, 0.05) is 5.69 Å². The monoisotopic (exact) mass is 383 g/mol. The van der Waals surface area contributed by atoms with Crippen molar-refractivity contribution in [3.05, 3.63) is 53.1 Å². The second kappa shape index (κ2) is 7.92. The number of anilines is 1. The number of carbonyl (C=O) groups excluding carboxylic acids is 1. The number of carboxylic acid groups (broad SMARTS) is 1. The summed E-state index contributed by atoms with van der Waals surface area (Å²) in [7, 11) is 3.15. The Morgan fingerprint density at radius 1 is 1.00 bits per heavy atom. The van der Waals surface area contributed by atoms with Crippen LogP contribution in [0.1, 0.15) is 47.2 Å². The van der Waals surface area contributed by atoms with Gasteiger partial charge in [0.25, 0.3) is 0 Å². The molecule has 1 fully saturated rings. The molecule has 0 atom stereocenters. The van der Waals surface area contributed by atoms with E-state index in [1.807, 2.05) is 25.1 Å². The first-order chi connectivity index (χ1) is 13.4. The van der Waals surface area contributed by atoms with Gasteiger partial charge in [-0.2, -0.15) is 0 Å². The van der Waals surface area contributed by atoms with Gasteiger partial charge >= 0.3 is 5.97 Å². The van der Waals surface area contributed by atoms with E-state index in [-0.39, 0.29) is 11.5 Å². The zero-order valence-corrected chi connectivity index (χ0v) is 16.4. The van der Waals surface area contributed by atoms with E-state index in [0.29, 0.717) is 17.2 Å². The van der Waals surface area contributed by atoms with Crippen molar-refractivity contribution in [2.75, 3.05) is 19.5 Å². The predicted octanol–water partition coefficient (Wildman–Crippen LogP) is 4.16. The van der Waals surface area contributed by atoms with Crippen LogP contribution in [0, 0.1) is 6.92 Å². The Bertz CT molecular complexity index is 900. The molecular weight excluding hydrogens is 358 g/mol. The topological polar surface area (TPSA) is 84.9 Å². The molecule has 2 aromatic carbocycles. The van der Waals surface area contributed by atoms with E-state index in [2.05, 4.69) is 5.32 Å². The Kier molecular flexibility index (Phi) is 5.58. The van der Waals surface area contributed by atoms with Crippen molar-refractivity contribution in [2.45, 2.75) is 38.0 Å². The van der Waals surface area contributed by atoms with Gasteiger partial charge in [0.1, 0.15) is 0 Å². The lowest BCUT2D eigenvalue weighted by Gasteiger charge is -2.29. The molecule has 1 amide bonds. The number of benzene rings is 2. The first-order valence-electron chi connectivity index (χ1n) is 9.29. The molecule has 6 nitrogen and oxygen atoms in total. The SMILES string of the molecule is COc1ccc(C2(C(=O)Nc3cc(C(=O)O)ccc3C)CCCC2)cc1OC. The normalized spacial score (nSPS) is 15.1. The average molecular weight is 383 g/mol. The molecule has 0 aromatic heterocycles. The first-order valence-corrected chi connectivity index (χ1v) is 9.29. The van der Waals surface area contributed by atoms with Crippen LogP contribution in [0.2, 0.25) is 0 Å². The summed E-state index contributed by atoms with van der Waals surface area (Å²) in [6, 6.07) is 10.3. The van der Waals surface area contributed by atoms with Crippen LogP contribution in [-0.2, 0) is 10.2 Å². The minimum atomic E-state index is -1.02. The van der Waals surface area contributed by atoms with Gasteiger partial charge in [-0.1, -0.05) is 25.0 Å². The fourth-order valence-corrected chi connectivity index (χ4v) is 3.89. The molecule has 0 bridgehead atoms. The standard InChI is InChI=1S/C22H25NO5/c1-14-6-7-15(20(24)25)12-17(14)23-21(26)22(10-4-5-11-22)16-8-9-18(27-2)19(13-16)28-3/h6-9,12-13H,4-5,10-11H2,1-3H3,(H,23,26)(H,24,25).